The molecule has 6 nitrogen and oxygen atoms in total. The lowest BCUT2D eigenvalue weighted by atomic mass is 9.81. The lowest BCUT2D eigenvalue weighted by Crippen LogP contribution is -2.55. The van der Waals surface area contributed by atoms with Crippen LogP contribution in [0, 0.1) is 6.92 Å². The zero-order valence-corrected chi connectivity index (χ0v) is 20.4. The fourth-order valence-corrected chi connectivity index (χ4v) is 6.15. The highest BCUT2D eigenvalue weighted by Gasteiger charge is 2.53. The molecule has 1 atom stereocenters. The highest BCUT2D eigenvalue weighted by molar-refractivity contribution is 6.34. The first-order valence-electron chi connectivity index (χ1n) is 12.1. The second-order valence-electron chi connectivity index (χ2n) is 9.69. The largest absolute Gasteiger partial charge is 0.440 e. The summed E-state index contributed by atoms with van der Waals surface area (Å²) >= 11 is 6.32. The van der Waals surface area contributed by atoms with Crippen LogP contribution in [0.2, 0.25) is 5.02 Å². The zero-order valence-electron chi connectivity index (χ0n) is 19.6. The van der Waals surface area contributed by atoms with Gasteiger partial charge in [-0.2, -0.15) is 0 Å². The summed E-state index contributed by atoms with van der Waals surface area (Å²) in [5.74, 6) is 0.0452. The number of carbonyl (C=O) groups excluding carboxylic acids is 2. The van der Waals surface area contributed by atoms with E-state index in [2.05, 4.69) is 11.8 Å². The number of piperidine rings is 2. The van der Waals surface area contributed by atoms with Crippen LogP contribution in [0.25, 0.3) is 0 Å². The summed E-state index contributed by atoms with van der Waals surface area (Å²) in [6, 6.07) is 6.29. The van der Waals surface area contributed by atoms with E-state index in [-0.39, 0.29) is 23.6 Å². The minimum absolute atomic E-state index is 0.0452. The number of aryl methyl sites for hydroxylation is 1. The molecule has 2 amide bonds. The van der Waals surface area contributed by atoms with E-state index >= 15 is 0 Å². The van der Waals surface area contributed by atoms with Crippen molar-refractivity contribution in [3.63, 3.8) is 0 Å². The molecule has 1 unspecified atom stereocenters. The third-order valence-corrected chi connectivity index (χ3v) is 8.15. The quantitative estimate of drug-likeness (QED) is 0.636. The summed E-state index contributed by atoms with van der Waals surface area (Å²) in [5.41, 5.74) is 1.24. The number of likely N-dealkylation sites (N-methyl/N-ethyl adjacent to an activating group) is 1. The minimum Gasteiger partial charge on any atom is -0.440 e. The standard InChI is InChI=1S/C25H36ClN3O3/c1-4-5-9-21-25(32-24(31)27(21)3)12-16-28(17-13-25)19-10-14-29(15-11-19)23(30)22-18(2)7-6-8-20(22)26/h6-8,19,21H,4-5,9-17H2,1-3H3. The fourth-order valence-electron chi connectivity index (χ4n) is 5.85. The summed E-state index contributed by atoms with van der Waals surface area (Å²) in [6.45, 7) is 7.55. The van der Waals surface area contributed by atoms with Crippen molar-refractivity contribution in [2.75, 3.05) is 33.2 Å². The summed E-state index contributed by atoms with van der Waals surface area (Å²) in [5, 5.41) is 0.534. The van der Waals surface area contributed by atoms with Gasteiger partial charge >= 0.3 is 6.09 Å². The van der Waals surface area contributed by atoms with Crippen LogP contribution in [-0.2, 0) is 4.74 Å². The van der Waals surface area contributed by atoms with Crippen molar-refractivity contribution < 1.29 is 14.3 Å². The number of nitrogens with zero attached hydrogens (tertiary/aromatic N) is 3. The second-order valence-corrected chi connectivity index (χ2v) is 10.1. The fraction of sp³-hybridized carbons (Fsp3) is 0.680. The molecule has 7 heteroatoms. The number of amides is 2. The van der Waals surface area contributed by atoms with Crippen molar-refractivity contribution in [1.29, 1.82) is 0 Å². The molecule has 1 spiro atoms. The van der Waals surface area contributed by atoms with E-state index in [0.717, 1.165) is 76.7 Å². The maximum atomic E-state index is 13.1. The van der Waals surface area contributed by atoms with Gasteiger partial charge in [-0.05, 0) is 37.8 Å². The van der Waals surface area contributed by atoms with Crippen LogP contribution in [0.15, 0.2) is 18.2 Å². The van der Waals surface area contributed by atoms with Gasteiger partial charge < -0.3 is 14.5 Å². The number of unbranched alkanes of at least 4 members (excludes halogenated alkanes) is 1. The molecule has 1 aromatic rings. The number of hydrogen-bond donors (Lipinski definition) is 0. The third-order valence-electron chi connectivity index (χ3n) is 7.83. The molecule has 0 aliphatic carbocycles. The van der Waals surface area contributed by atoms with Crippen molar-refractivity contribution in [3.8, 4) is 0 Å². The Hall–Kier alpha value is -1.79. The van der Waals surface area contributed by atoms with E-state index in [9.17, 15) is 9.59 Å². The first-order chi connectivity index (χ1) is 15.4. The second kappa shape index (κ2) is 9.60. The molecule has 32 heavy (non-hydrogen) atoms. The van der Waals surface area contributed by atoms with Crippen LogP contribution < -0.4 is 0 Å². The van der Waals surface area contributed by atoms with Gasteiger partial charge in [-0.25, -0.2) is 4.79 Å². The van der Waals surface area contributed by atoms with Crippen LogP contribution in [0.1, 0.15) is 67.8 Å². The number of likely N-dealkylation sites (tertiary alicyclic amines) is 2. The monoisotopic (exact) mass is 461 g/mol. The Kier molecular flexibility index (Phi) is 7.01. The predicted molar refractivity (Wildman–Crippen MR) is 126 cm³/mol. The zero-order chi connectivity index (χ0) is 22.9. The summed E-state index contributed by atoms with van der Waals surface area (Å²) in [6.07, 6.45) is 6.84. The number of ether oxygens (including phenoxy) is 1. The van der Waals surface area contributed by atoms with Gasteiger partial charge in [0.25, 0.3) is 5.91 Å². The summed E-state index contributed by atoms with van der Waals surface area (Å²) in [4.78, 5) is 31.7. The molecular weight excluding hydrogens is 426 g/mol. The summed E-state index contributed by atoms with van der Waals surface area (Å²) < 4.78 is 5.96. The minimum atomic E-state index is -0.324. The summed E-state index contributed by atoms with van der Waals surface area (Å²) in [7, 11) is 1.89. The molecular formula is C25H36ClN3O3. The number of rotatable bonds is 5. The molecule has 3 aliphatic heterocycles. The Balaban J connectivity index is 1.33. The van der Waals surface area contributed by atoms with Crippen LogP contribution in [-0.4, -0.2) is 77.6 Å². The van der Waals surface area contributed by atoms with Crippen molar-refractivity contribution in [2.45, 2.75) is 76.5 Å². The Labute approximate surface area is 196 Å². The molecule has 0 N–H and O–H groups in total. The number of hydrogen-bond acceptors (Lipinski definition) is 4. The Bertz CT molecular complexity index is 825. The highest BCUT2D eigenvalue weighted by atomic mass is 35.5. The Morgan fingerprint density at radius 3 is 2.50 bits per heavy atom. The average Bonchev–Trinajstić information content (AvgIpc) is 3.01. The van der Waals surface area contributed by atoms with E-state index in [1.54, 1.807) is 6.07 Å². The molecule has 3 aliphatic rings. The van der Waals surface area contributed by atoms with Crippen molar-refractivity contribution in [2.24, 2.45) is 0 Å². The molecule has 1 aromatic carbocycles. The lowest BCUT2D eigenvalue weighted by molar-refractivity contribution is -0.0375. The molecule has 3 saturated heterocycles. The molecule has 0 aromatic heterocycles. The van der Waals surface area contributed by atoms with Crippen LogP contribution in [0.3, 0.4) is 0 Å². The Morgan fingerprint density at radius 2 is 1.88 bits per heavy atom. The molecule has 0 saturated carbocycles. The van der Waals surface area contributed by atoms with Gasteiger partial charge in [0.2, 0.25) is 0 Å². The maximum Gasteiger partial charge on any atom is 0.410 e. The third kappa shape index (κ3) is 4.36. The van der Waals surface area contributed by atoms with Gasteiger partial charge in [0.05, 0.1) is 16.6 Å². The van der Waals surface area contributed by atoms with E-state index in [4.69, 9.17) is 16.3 Å². The van der Waals surface area contributed by atoms with Gasteiger partial charge in [0.1, 0.15) is 5.60 Å². The molecule has 0 bridgehead atoms. The molecule has 3 fully saturated rings. The molecule has 0 radical (unpaired) electrons. The van der Waals surface area contributed by atoms with E-state index in [0.29, 0.717) is 16.6 Å². The normalized spacial score (nSPS) is 24.2. The van der Waals surface area contributed by atoms with Crippen molar-refractivity contribution in [1.82, 2.24) is 14.7 Å². The van der Waals surface area contributed by atoms with E-state index in [1.165, 1.54) is 0 Å². The molecule has 176 valence electrons. The van der Waals surface area contributed by atoms with Gasteiger partial charge in [-0.15, -0.1) is 0 Å². The number of halogens is 1. The van der Waals surface area contributed by atoms with Crippen molar-refractivity contribution >= 4 is 23.6 Å². The van der Waals surface area contributed by atoms with Crippen LogP contribution >= 0.6 is 11.6 Å². The van der Waals surface area contributed by atoms with Gasteiger partial charge in [0.15, 0.2) is 0 Å². The predicted octanol–water partition coefficient (Wildman–Crippen LogP) is 4.73. The Morgan fingerprint density at radius 1 is 1.19 bits per heavy atom. The van der Waals surface area contributed by atoms with Gasteiger partial charge in [0, 0.05) is 52.1 Å². The average molecular weight is 462 g/mol. The van der Waals surface area contributed by atoms with Crippen LogP contribution in [0.5, 0.6) is 0 Å². The first-order valence-corrected chi connectivity index (χ1v) is 12.5. The first kappa shape index (κ1) is 23.4. The van der Waals surface area contributed by atoms with Crippen molar-refractivity contribution in [3.05, 3.63) is 34.3 Å². The lowest BCUT2D eigenvalue weighted by Gasteiger charge is -2.46. The van der Waals surface area contributed by atoms with E-state index in [1.807, 2.05) is 35.9 Å². The molecule has 4 rings (SSSR count). The van der Waals surface area contributed by atoms with Gasteiger partial charge in [-0.3, -0.25) is 9.69 Å². The smallest absolute Gasteiger partial charge is 0.410 e. The number of carbonyl (C=O) groups is 2. The highest BCUT2D eigenvalue weighted by Crippen LogP contribution is 2.41. The SMILES string of the molecule is CCCCC1N(C)C(=O)OC12CCN(C1CCN(C(=O)c3c(C)cccc3Cl)CC1)CC2. The van der Waals surface area contributed by atoms with E-state index < -0.39 is 0 Å². The topological polar surface area (TPSA) is 53.1 Å². The van der Waals surface area contributed by atoms with Gasteiger partial charge in [-0.1, -0.05) is 43.5 Å². The molecule has 3 heterocycles. The maximum absolute atomic E-state index is 13.1. The van der Waals surface area contributed by atoms with Crippen LogP contribution in [0.4, 0.5) is 4.79 Å². The number of benzene rings is 1.